The van der Waals surface area contributed by atoms with Gasteiger partial charge in [0.1, 0.15) is 5.92 Å². The number of nitrogens with zero attached hydrogens (tertiary/aromatic N) is 4. The van der Waals surface area contributed by atoms with E-state index in [1.165, 1.54) is 16.7 Å². The Morgan fingerprint density at radius 3 is 2.44 bits per heavy atom. The van der Waals surface area contributed by atoms with E-state index in [2.05, 4.69) is 14.8 Å². The average Bonchev–Trinajstić information content (AvgIpc) is 3.50. The second-order valence-electron chi connectivity index (χ2n) is 10.0. The molecular weight excluding hydrogens is 600 g/mol. The van der Waals surface area contributed by atoms with Crippen LogP contribution in [0.5, 0.6) is 11.5 Å². The highest BCUT2D eigenvalue weighted by Gasteiger charge is 2.36. The van der Waals surface area contributed by atoms with Crippen LogP contribution in [0.3, 0.4) is 0 Å². The molecule has 0 fully saturated rings. The number of allylic oxidation sites excluding steroid dienone is 1. The molecule has 2 aliphatic rings. The van der Waals surface area contributed by atoms with Crippen LogP contribution in [0, 0.1) is 5.92 Å². The zero-order valence-corrected chi connectivity index (χ0v) is 26.3. The molecule has 0 saturated carbocycles. The van der Waals surface area contributed by atoms with Gasteiger partial charge in [0.25, 0.3) is 11.5 Å². The summed E-state index contributed by atoms with van der Waals surface area (Å²) in [6, 6.07) is 13.1. The van der Waals surface area contributed by atoms with Crippen LogP contribution in [0.4, 0.5) is 5.69 Å². The predicted octanol–water partition coefficient (Wildman–Crippen LogP) is 2.74. The number of amides is 1. The van der Waals surface area contributed by atoms with Crippen molar-refractivity contribution in [3.05, 3.63) is 85.1 Å². The minimum Gasteiger partial charge on any atom is -0.490 e. The molecule has 0 N–H and O–H groups in total. The first-order valence-electron chi connectivity index (χ1n) is 14.3. The molecule has 3 aromatic rings. The minimum absolute atomic E-state index is 0.123. The lowest BCUT2D eigenvalue weighted by Crippen LogP contribution is -2.40. The molecule has 2 atom stereocenters. The Hall–Kier alpha value is -5.04. The molecule has 0 unspecified atom stereocenters. The molecule has 2 aromatic carbocycles. The summed E-state index contributed by atoms with van der Waals surface area (Å²) in [6.45, 7) is 6.99. The largest absolute Gasteiger partial charge is 0.490 e. The number of fused-ring (bicyclic) bond motifs is 1. The first-order valence-corrected chi connectivity index (χ1v) is 15.1. The third kappa shape index (κ3) is 6.16. The van der Waals surface area contributed by atoms with Gasteiger partial charge in [-0.05, 0) is 63.6 Å². The van der Waals surface area contributed by atoms with Crippen molar-refractivity contribution in [1.82, 2.24) is 4.57 Å². The van der Waals surface area contributed by atoms with Crippen molar-refractivity contribution in [2.75, 3.05) is 31.9 Å². The second-order valence-corrected chi connectivity index (χ2v) is 11.0. The third-order valence-corrected chi connectivity index (χ3v) is 8.18. The number of carbonyl (C=O) groups excluding carboxylic acids is 3. The Bertz CT molecular complexity index is 1890. The summed E-state index contributed by atoms with van der Waals surface area (Å²) < 4.78 is 23.2. The van der Waals surface area contributed by atoms with Gasteiger partial charge >= 0.3 is 11.9 Å². The maximum Gasteiger partial charge on any atom is 0.343 e. The lowest BCUT2D eigenvalue weighted by atomic mass is 9.95. The van der Waals surface area contributed by atoms with E-state index in [-0.39, 0.29) is 41.6 Å². The van der Waals surface area contributed by atoms with Gasteiger partial charge in [-0.15, -0.1) is 0 Å². The number of ether oxygens (including phenoxy) is 4. The van der Waals surface area contributed by atoms with Crippen LogP contribution in [0.2, 0.25) is 0 Å². The first-order chi connectivity index (χ1) is 21.7. The monoisotopic (exact) mass is 632 g/mol. The zero-order valence-electron chi connectivity index (χ0n) is 25.4. The van der Waals surface area contributed by atoms with Crippen LogP contribution in [0.15, 0.2) is 74.7 Å². The number of esters is 2. The Morgan fingerprint density at radius 2 is 1.76 bits per heavy atom. The molecule has 1 amide bonds. The van der Waals surface area contributed by atoms with Gasteiger partial charge in [0, 0.05) is 0 Å². The number of hydrogen-bond acceptors (Lipinski definition) is 11. The van der Waals surface area contributed by atoms with Gasteiger partial charge in [-0.3, -0.25) is 14.2 Å². The number of thiazole rings is 1. The van der Waals surface area contributed by atoms with Gasteiger partial charge < -0.3 is 18.9 Å². The van der Waals surface area contributed by atoms with Crippen molar-refractivity contribution in [1.29, 1.82) is 0 Å². The van der Waals surface area contributed by atoms with E-state index in [0.29, 0.717) is 33.2 Å². The first kappa shape index (κ1) is 31.4. The highest BCUT2D eigenvalue weighted by Crippen LogP contribution is 2.36. The maximum absolute atomic E-state index is 14.1. The molecule has 0 aliphatic carbocycles. The number of methoxy groups -OCH3 is 1. The van der Waals surface area contributed by atoms with E-state index < -0.39 is 29.5 Å². The molecule has 234 valence electrons. The quantitative estimate of drug-likeness (QED) is 0.311. The summed E-state index contributed by atoms with van der Waals surface area (Å²) >= 11 is 1.12. The van der Waals surface area contributed by atoms with Crippen LogP contribution in [-0.2, 0) is 23.9 Å². The van der Waals surface area contributed by atoms with E-state index in [1.807, 2.05) is 18.2 Å². The van der Waals surface area contributed by atoms with Gasteiger partial charge in [-0.2, -0.15) is 10.1 Å². The van der Waals surface area contributed by atoms with Crippen LogP contribution in [0.25, 0.3) is 6.08 Å². The van der Waals surface area contributed by atoms with Gasteiger partial charge in [-0.1, -0.05) is 35.6 Å². The predicted molar refractivity (Wildman–Crippen MR) is 167 cm³/mol. The van der Waals surface area contributed by atoms with Crippen molar-refractivity contribution >= 4 is 46.7 Å². The number of aromatic nitrogens is 1. The molecular formula is C32H32N4O8S. The number of benzene rings is 2. The normalized spacial score (nSPS) is 17.9. The standard InChI is InChI=1S/C32H32N4O8S/c1-6-42-24-15-20(13-14-23(24)44-17-26(37)41-5)28-27(31(40)43-7-2)19(4)33-32-35(28)30(39)25(45-32)16-22-18(3)34-36(29(22)38)21-11-9-8-10-12-21/h8-16,22,28H,6-7,17H2,1-5H3/b25-16-/t22-,28-/m1/s1. The topological polar surface area (TPSA) is 138 Å². The minimum atomic E-state index is -0.925. The van der Waals surface area contributed by atoms with Crippen molar-refractivity contribution < 1.29 is 33.3 Å². The molecule has 2 aliphatic heterocycles. The number of rotatable bonds is 10. The molecule has 12 nitrogen and oxygen atoms in total. The fourth-order valence-electron chi connectivity index (χ4n) is 5.08. The molecule has 13 heteroatoms. The van der Waals surface area contributed by atoms with E-state index in [4.69, 9.17) is 14.2 Å². The summed E-state index contributed by atoms with van der Waals surface area (Å²) in [5.74, 6) is -1.63. The number of hydrogen-bond donors (Lipinski definition) is 0. The lowest BCUT2D eigenvalue weighted by molar-refractivity contribution is -0.143. The van der Waals surface area contributed by atoms with E-state index in [1.54, 1.807) is 64.1 Å². The van der Waals surface area contributed by atoms with Gasteiger partial charge in [0.15, 0.2) is 22.9 Å². The molecule has 0 saturated heterocycles. The fraction of sp³-hybridized carbons (Fsp3) is 0.312. The fourth-order valence-corrected chi connectivity index (χ4v) is 6.13. The highest BCUT2D eigenvalue weighted by molar-refractivity contribution is 7.07. The van der Waals surface area contributed by atoms with E-state index in [0.717, 1.165) is 11.3 Å². The maximum atomic E-state index is 14.1. The van der Waals surface area contributed by atoms with Crippen molar-refractivity contribution in [2.45, 2.75) is 33.7 Å². The van der Waals surface area contributed by atoms with Crippen LogP contribution in [0.1, 0.15) is 39.3 Å². The molecule has 3 heterocycles. The Morgan fingerprint density at radius 1 is 1.00 bits per heavy atom. The third-order valence-electron chi connectivity index (χ3n) is 7.18. The smallest absolute Gasteiger partial charge is 0.343 e. The van der Waals surface area contributed by atoms with Crippen LogP contribution in [-0.4, -0.2) is 55.1 Å². The summed E-state index contributed by atoms with van der Waals surface area (Å²) in [5.41, 5.74) is 1.84. The zero-order chi connectivity index (χ0) is 32.2. The Kier molecular flexibility index (Phi) is 9.28. The van der Waals surface area contributed by atoms with E-state index in [9.17, 15) is 19.2 Å². The molecule has 45 heavy (non-hydrogen) atoms. The SMILES string of the molecule is CCOC(=O)C1=C(C)N=c2s/c(=C\[C@H]3C(=O)N(c4ccccc4)N=C3C)c(=O)n2[C@@H]1c1ccc(OCC(=O)OC)c(OCC)c1. The number of carbonyl (C=O) groups is 3. The van der Waals surface area contributed by atoms with Crippen LogP contribution < -0.4 is 29.4 Å². The Labute approximate surface area is 262 Å². The molecule has 0 bridgehead atoms. The molecule has 0 radical (unpaired) electrons. The van der Waals surface area contributed by atoms with Crippen molar-refractivity contribution in [2.24, 2.45) is 16.0 Å². The van der Waals surface area contributed by atoms with E-state index >= 15 is 0 Å². The summed E-state index contributed by atoms with van der Waals surface area (Å²) in [5, 5.41) is 5.78. The summed E-state index contributed by atoms with van der Waals surface area (Å²) in [7, 11) is 1.26. The Balaban J connectivity index is 1.62. The average molecular weight is 633 g/mol. The molecule has 1 aromatic heterocycles. The lowest BCUT2D eigenvalue weighted by Gasteiger charge is -2.25. The van der Waals surface area contributed by atoms with Crippen LogP contribution >= 0.6 is 11.3 Å². The molecule has 0 spiro atoms. The number of para-hydroxylation sites is 1. The van der Waals surface area contributed by atoms with Gasteiger partial charge in [0.05, 0.1) is 53.6 Å². The van der Waals surface area contributed by atoms with Crippen molar-refractivity contribution in [3.8, 4) is 11.5 Å². The van der Waals surface area contributed by atoms with Crippen molar-refractivity contribution in [3.63, 3.8) is 0 Å². The number of anilines is 1. The number of hydrazone groups is 1. The summed E-state index contributed by atoms with van der Waals surface area (Å²) in [4.78, 5) is 57.5. The second kappa shape index (κ2) is 13.3. The van der Waals surface area contributed by atoms with Gasteiger partial charge in [-0.25, -0.2) is 14.6 Å². The highest BCUT2D eigenvalue weighted by atomic mass is 32.1. The summed E-state index contributed by atoms with van der Waals surface area (Å²) in [6.07, 6.45) is 1.60. The van der Waals surface area contributed by atoms with Gasteiger partial charge in [0.2, 0.25) is 0 Å². The molecule has 5 rings (SSSR count).